The lowest BCUT2D eigenvalue weighted by Gasteiger charge is -2.07. The van der Waals surface area contributed by atoms with Crippen molar-refractivity contribution in [3.8, 4) is 17.1 Å². The number of benzene rings is 2. The molecule has 0 atom stereocenters. The average Bonchev–Trinajstić information content (AvgIpc) is 3.34. The van der Waals surface area contributed by atoms with Crippen LogP contribution in [-0.4, -0.2) is 30.5 Å². The number of hydrogen-bond acceptors (Lipinski definition) is 4. The number of amides is 1. The van der Waals surface area contributed by atoms with Crippen molar-refractivity contribution in [2.45, 2.75) is 19.9 Å². The quantitative estimate of drug-likeness (QED) is 0.474. The van der Waals surface area contributed by atoms with Gasteiger partial charge in [-0.2, -0.15) is 10.2 Å². The van der Waals surface area contributed by atoms with Gasteiger partial charge in [-0.1, -0.05) is 48.0 Å². The minimum Gasteiger partial charge on any atom is -0.309 e. The van der Waals surface area contributed by atoms with Gasteiger partial charge < -0.3 is 5.32 Å². The molecular weight excluding hydrogens is 384 g/mol. The number of aryl methyl sites for hydroxylation is 1. The van der Waals surface area contributed by atoms with E-state index in [1.807, 2.05) is 72.3 Å². The fraction of sp³-hybridized carbons (Fsp3) is 0.143. The zero-order valence-electron chi connectivity index (χ0n) is 15.9. The highest BCUT2D eigenvalue weighted by Gasteiger charge is 2.12. The van der Waals surface area contributed by atoms with Crippen molar-refractivity contribution in [1.29, 1.82) is 0 Å². The van der Waals surface area contributed by atoms with Crippen LogP contribution >= 0.6 is 12.2 Å². The Kier molecular flexibility index (Phi) is 5.35. The summed E-state index contributed by atoms with van der Waals surface area (Å²) in [6, 6.07) is 19.5. The van der Waals surface area contributed by atoms with E-state index in [2.05, 4.69) is 20.6 Å². The molecule has 2 heterocycles. The van der Waals surface area contributed by atoms with Crippen LogP contribution in [0.2, 0.25) is 0 Å². The van der Waals surface area contributed by atoms with E-state index in [0.717, 1.165) is 17.1 Å². The van der Waals surface area contributed by atoms with Gasteiger partial charge in [-0.25, -0.2) is 4.68 Å². The number of aromatic amines is 1. The first-order valence-electron chi connectivity index (χ1n) is 9.23. The average molecular weight is 404 g/mol. The SMILES string of the molecule is Cc1ccc(-c2n[nH]c(=S)n2CCC(=O)Nc2ccn(-c3ccccc3)n2)cc1. The van der Waals surface area contributed by atoms with Gasteiger partial charge in [0.15, 0.2) is 16.4 Å². The summed E-state index contributed by atoms with van der Waals surface area (Å²) >= 11 is 5.34. The van der Waals surface area contributed by atoms with Crippen molar-refractivity contribution in [3.63, 3.8) is 0 Å². The molecule has 0 saturated heterocycles. The van der Waals surface area contributed by atoms with Gasteiger partial charge in [-0.05, 0) is 31.3 Å². The smallest absolute Gasteiger partial charge is 0.227 e. The van der Waals surface area contributed by atoms with Crippen LogP contribution in [0.15, 0.2) is 66.9 Å². The van der Waals surface area contributed by atoms with Crippen molar-refractivity contribution in [2.24, 2.45) is 0 Å². The number of nitrogens with one attached hydrogen (secondary N) is 2. The van der Waals surface area contributed by atoms with Crippen molar-refractivity contribution < 1.29 is 4.79 Å². The normalized spacial score (nSPS) is 10.8. The largest absolute Gasteiger partial charge is 0.309 e. The Morgan fingerprint density at radius 3 is 2.62 bits per heavy atom. The highest BCUT2D eigenvalue weighted by Crippen LogP contribution is 2.18. The lowest BCUT2D eigenvalue weighted by Crippen LogP contribution is -2.15. The molecule has 1 amide bonds. The second-order valence-corrected chi connectivity index (χ2v) is 7.04. The zero-order valence-corrected chi connectivity index (χ0v) is 16.7. The topological polar surface area (TPSA) is 80.5 Å². The first-order chi connectivity index (χ1) is 14.1. The van der Waals surface area contributed by atoms with Crippen LogP contribution in [0.5, 0.6) is 0 Å². The third-order valence-electron chi connectivity index (χ3n) is 4.51. The molecule has 2 aromatic heterocycles. The monoisotopic (exact) mass is 404 g/mol. The van der Waals surface area contributed by atoms with E-state index >= 15 is 0 Å². The molecule has 0 radical (unpaired) electrons. The molecule has 7 nitrogen and oxygen atoms in total. The number of rotatable bonds is 6. The Bertz CT molecular complexity index is 1170. The van der Waals surface area contributed by atoms with E-state index in [4.69, 9.17) is 12.2 Å². The van der Waals surface area contributed by atoms with E-state index < -0.39 is 0 Å². The van der Waals surface area contributed by atoms with Crippen LogP contribution in [0.3, 0.4) is 0 Å². The third kappa shape index (κ3) is 4.33. The molecule has 0 aliphatic rings. The Hall–Kier alpha value is -3.52. The standard InChI is InChI=1S/C21H20N6OS/c1-15-7-9-16(10-8-15)20-23-24-21(29)26(20)13-12-19(28)22-18-11-14-27(25-18)17-5-3-2-4-6-17/h2-11,14H,12-13H2,1H3,(H,24,29)(H,22,25,28). The Balaban J connectivity index is 1.42. The van der Waals surface area contributed by atoms with Gasteiger partial charge in [0.2, 0.25) is 5.91 Å². The number of hydrogen-bond donors (Lipinski definition) is 2. The molecule has 0 spiro atoms. The van der Waals surface area contributed by atoms with Crippen molar-refractivity contribution in [3.05, 3.63) is 77.2 Å². The predicted molar refractivity (Wildman–Crippen MR) is 114 cm³/mol. The van der Waals surface area contributed by atoms with Crippen LogP contribution < -0.4 is 5.32 Å². The second kappa shape index (κ2) is 8.24. The number of H-pyrrole nitrogens is 1. The van der Waals surface area contributed by atoms with E-state index in [0.29, 0.717) is 17.1 Å². The summed E-state index contributed by atoms with van der Waals surface area (Å²) < 4.78 is 4.04. The Labute approximate surface area is 173 Å². The molecule has 0 saturated carbocycles. The highest BCUT2D eigenvalue weighted by molar-refractivity contribution is 7.71. The summed E-state index contributed by atoms with van der Waals surface area (Å²) in [5.41, 5.74) is 3.05. The first kappa shape index (κ1) is 18.8. The summed E-state index contributed by atoms with van der Waals surface area (Å²) in [4.78, 5) is 12.4. The molecule has 0 unspecified atom stereocenters. The fourth-order valence-electron chi connectivity index (χ4n) is 2.98. The maximum absolute atomic E-state index is 12.4. The molecule has 29 heavy (non-hydrogen) atoms. The molecule has 2 aromatic carbocycles. The number of aromatic nitrogens is 5. The molecule has 0 aliphatic carbocycles. The van der Waals surface area contributed by atoms with Gasteiger partial charge in [0.05, 0.1) is 5.69 Å². The van der Waals surface area contributed by atoms with Crippen LogP contribution in [0.1, 0.15) is 12.0 Å². The number of carbonyl (C=O) groups excluding carboxylic acids is 1. The van der Waals surface area contributed by atoms with Crippen LogP contribution in [0.25, 0.3) is 17.1 Å². The van der Waals surface area contributed by atoms with Crippen LogP contribution in [0.4, 0.5) is 5.82 Å². The van der Waals surface area contributed by atoms with Crippen LogP contribution in [0, 0.1) is 11.7 Å². The molecule has 0 aliphatic heterocycles. The molecule has 146 valence electrons. The van der Waals surface area contributed by atoms with E-state index in [1.165, 1.54) is 5.56 Å². The summed E-state index contributed by atoms with van der Waals surface area (Å²) in [6.45, 7) is 2.45. The molecule has 4 aromatic rings. The Morgan fingerprint density at radius 2 is 1.86 bits per heavy atom. The third-order valence-corrected chi connectivity index (χ3v) is 4.82. The maximum Gasteiger partial charge on any atom is 0.227 e. The second-order valence-electron chi connectivity index (χ2n) is 6.65. The van der Waals surface area contributed by atoms with Crippen molar-refractivity contribution in [2.75, 3.05) is 5.32 Å². The van der Waals surface area contributed by atoms with Crippen molar-refractivity contribution in [1.82, 2.24) is 24.5 Å². The van der Waals surface area contributed by atoms with E-state index in [9.17, 15) is 4.79 Å². The first-order valence-corrected chi connectivity index (χ1v) is 9.64. The number of nitrogens with zero attached hydrogens (tertiary/aromatic N) is 4. The summed E-state index contributed by atoms with van der Waals surface area (Å²) in [6.07, 6.45) is 2.07. The number of carbonyl (C=O) groups is 1. The van der Waals surface area contributed by atoms with Gasteiger partial charge >= 0.3 is 0 Å². The minimum atomic E-state index is -0.138. The number of anilines is 1. The molecule has 2 N–H and O–H groups in total. The van der Waals surface area contributed by atoms with E-state index in [-0.39, 0.29) is 12.3 Å². The van der Waals surface area contributed by atoms with Gasteiger partial charge in [0, 0.05) is 30.8 Å². The predicted octanol–water partition coefficient (Wildman–Crippen LogP) is 4.13. The minimum absolute atomic E-state index is 0.138. The fourth-order valence-corrected chi connectivity index (χ4v) is 3.21. The summed E-state index contributed by atoms with van der Waals surface area (Å²) in [5, 5.41) is 14.4. The lowest BCUT2D eigenvalue weighted by atomic mass is 10.1. The van der Waals surface area contributed by atoms with Crippen LogP contribution in [-0.2, 0) is 11.3 Å². The Morgan fingerprint density at radius 1 is 1.10 bits per heavy atom. The summed E-state index contributed by atoms with van der Waals surface area (Å²) in [5.74, 6) is 1.09. The molecular formula is C21H20N6OS. The van der Waals surface area contributed by atoms with Gasteiger partial charge in [-0.15, -0.1) is 0 Å². The molecule has 0 bridgehead atoms. The maximum atomic E-state index is 12.4. The lowest BCUT2D eigenvalue weighted by molar-refractivity contribution is -0.116. The molecule has 8 heteroatoms. The van der Waals surface area contributed by atoms with Crippen molar-refractivity contribution >= 4 is 23.9 Å². The zero-order chi connectivity index (χ0) is 20.2. The van der Waals surface area contributed by atoms with Gasteiger partial charge in [0.25, 0.3) is 0 Å². The van der Waals surface area contributed by atoms with Gasteiger partial charge in [0.1, 0.15) is 0 Å². The van der Waals surface area contributed by atoms with E-state index in [1.54, 1.807) is 10.7 Å². The molecule has 0 fully saturated rings. The number of para-hydroxylation sites is 1. The van der Waals surface area contributed by atoms with Gasteiger partial charge in [-0.3, -0.25) is 14.5 Å². The molecule has 4 rings (SSSR count). The summed E-state index contributed by atoms with van der Waals surface area (Å²) in [7, 11) is 0. The highest BCUT2D eigenvalue weighted by atomic mass is 32.1.